The molecule has 2 aliphatic carbocycles. The second-order valence-corrected chi connectivity index (χ2v) is 6.37. The van der Waals surface area contributed by atoms with Crippen molar-refractivity contribution in [2.45, 2.75) is 37.0 Å². The smallest absolute Gasteiger partial charge is 0.182 e. The molecular weight excluding hydrogens is 279 g/mol. The Hall–Kier alpha value is -2.30. The highest BCUT2D eigenvalue weighted by Gasteiger charge is 2.51. The summed E-state index contributed by atoms with van der Waals surface area (Å²) in [4.78, 5) is 4.48. The molecule has 0 aliphatic heterocycles. The first-order valence-corrected chi connectivity index (χ1v) is 7.75. The van der Waals surface area contributed by atoms with Gasteiger partial charge in [-0.25, -0.2) is 4.39 Å². The first-order valence-electron chi connectivity index (χ1n) is 7.75. The second-order valence-electron chi connectivity index (χ2n) is 6.37. The average Bonchev–Trinajstić information content (AvgIpc) is 3.46. The van der Waals surface area contributed by atoms with Crippen molar-refractivity contribution < 1.29 is 4.39 Å². The van der Waals surface area contributed by atoms with Crippen LogP contribution in [0, 0.1) is 5.82 Å². The van der Waals surface area contributed by atoms with Gasteiger partial charge in [-0.3, -0.25) is 9.38 Å². The van der Waals surface area contributed by atoms with E-state index >= 15 is 0 Å². The lowest BCUT2D eigenvalue weighted by atomic mass is 9.94. The molecular formula is C17H15FN4. The van der Waals surface area contributed by atoms with Gasteiger partial charge in [-0.1, -0.05) is 18.2 Å². The Kier molecular flexibility index (Phi) is 2.30. The molecule has 1 aromatic carbocycles. The zero-order valence-electron chi connectivity index (χ0n) is 12.0. The summed E-state index contributed by atoms with van der Waals surface area (Å²) in [5.41, 5.74) is 2.27. The topological polar surface area (TPSA) is 43.1 Å². The molecule has 0 amide bonds. The van der Waals surface area contributed by atoms with Gasteiger partial charge in [0.1, 0.15) is 11.6 Å². The van der Waals surface area contributed by atoms with E-state index in [2.05, 4.69) is 15.2 Å². The molecule has 4 nitrogen and oxygen atoms in total. The van der Waals surface area contributed by atoms with Crippen LogP contribution in [0.5, 0.6) is 0 Å². The Morgan fingerprint density at radius 2 is 1.95 bits per heavy atom. The highest BCUT2D eigenvalue weighted by molar-refractivity contribution is 5.50. The summed E-state index contributed by atoms with van der Waals surface area (Å²) in [6.45, 7) is 0. The Morgan fingerprint density at radius 3 is 2.68 bits per heavy atom. The summed E-state index contributed by atoms with van der Waals surface area (Å²) in [6.07, 6.45) is 7.88. The molecule has 2 fully saturated rings. The molecule has 5 rings (SSSR count). The van der Waals surface area contributed by atoms with Gasteiger partial charge in [-0.15, -0.1) is 10.2 Å². The van der Waals surface area contributed by atoms with Crippen molar-refractivity contribution in [1.29, 1.82) is 0 Å². The minimum Gasteiger partial charge on any atom is -0.283 e. The van der Waals surface area contributed by atoms with E-state index in [9.17, 15) is 4.39 Å². The van der Waals surface area contributed by atoms with Gasteiger partial charge in [0.25, 0.3) is 0 Å². The maximum atomic E-state index is 14.3. The summed E-state index contributed by atoms with van der Waals surface area (Å²) >= 11 is 0. The van der Waals surface area contributed by atoms with E-state index in [-0.39, 0.29) is 11.2 Å². The minimum absolute atomic E-state index is 0.159. The molecule has 2 aromatic heterocycles. The number of aromatic nitrogens is 4. The fourth-order valence-electron chi connectivity index (χ4n) is 3.40. The summed E-state index contributed by atoms with van der Waals surface area (Å²) in [6, 6.07) is 7.01. The van der Waals surface area contributed by atoms with E-state index in [1.54, 1.807) is 6.07 Å². The van der Waals surface area contributed by atoms with E-state index in [0.717, 1.165) is 35.6 Å². The molecule has 2 saturated carbocycles. The molecule has 2 aliphatic rings. The van der Waals surface area contributed by atoms with Crippen LogP contribution in [-0.2, 0) is 5.41 Å². The van der Waals surface area contributed by atoms with Crippen LogP contribution >= 0.6 is 0 Å². The van der Waals surface area contributed by atoms with Crippen LogP contribution in [0.3, 0.4) is 0 Å². The van der Waals surface area contributed by atoms with Crippen molar-refractivity contribution in [3.05, 3.63) is 59.6 Å². The molecule has 2 heterocycles. The minimum atomic E-state index is -0.326. The number of benzene rings is 1. The lowest BCUT2D eigenvalue weighted by Gasteiger charge is -2.15. The molecule has 0 N–H and O–H groups in total. The molecule has 22 heavy (non-hydrogen) atoms. The Balaban J connectivity index is 1.71. The van der Waals surface area contributed by atoms with Crippen LogP contribution in [-0.4, -0.2) is 19.6 Å². The van der Waals surface area contributed by atoms with Gasteiger partial charge in [0, 0.05) is 23.9 Å². The molecule has 0 radical (unpaired) electrons. The fourth-order valence-corrected chi connectivity index (χ4v) is 3.40. The van der Waals surface area contributed by atoms with Crippen LogP contribution < -0.4 is 0 Å². The molecule has 0 unspecified atom stereocenters. The van der Waals surface area contributed by atoms with Crippen molar-refractivity contribution >= 4 is 5.65 Å². The summed E-state index contributed by atoms with van der Waals surface area (Å²) in [7, 11) is 0. The highest BCUT2D eigenvalue weighted by Crippen LogP contribution is 2.53. The summed E-state index contributed by atoms with van der Waals surface area (Å²) < 4.78 is 16.3. The summed E-state index contributed by atoms with van der Waals surface area (Å²) in [5, 5.41) is 8.79. The number of halogens is 1. The van der Waals surface area contributed by atoms with Gasteiger partial charge in [0.05, 0.1) is 11.1 Å². The zero-order chi connectivity index (χ0) is 14.7. The van der Waals surface area contributed by atoms with E-state index in [4.69, 9.17) is 0 Å². The van der Waals surface area contributed by atoms with Crippen LogP contribution in [0.15, 0.2) is 36.7 Å². The average molecular weight is 294 g/mol. The van der Waals surface area contributed by atoms with Crippen LogP contribution in [0.2, 0.25) is 0 Å². The third kappa shape index (κ3) is 1.59. The van der Waals surface area contributed by atoms with Gasteiger partial charge in [0.15, 0.2) is 5.65 Å². The number of hydrogen-bond donors (Lipinski definition) is 0. The molecule has 0 atom stereocenters. The maximum absolute atomic E-state index is 14.3. The Bertz CT molecular complexity index is 877. The third-order valence-corrected chi connectivity index (χ3v) is 4.89. The lowest BCUT2D eigenvalue weighted by molar-refractivity contribution is 0.584. The first kappa shape index (κ1) is 12.3. The monoisotopic (exact) mass is 294 g/mol. The highest BCUT2D eigenvalue weighted by atomic mass is 19.1. The number of rotatable bonds is 3. The molecule has 0 bridgehead atoms. The number of nitrogens with zero attached hydrogens (tertiary/aromatic N) is 4. The Labute approximate surface area is 127 Å². The van der Waals surface area contributed by atoms with Crippen LogP contribution in [0.4, 0.5) is 4.39 Å². The lowest BCUT2D eigenvalue weighted by Crippen LogP contribution is -2.15. The molecule has 0 saturated heterocycles. The molecule has 0 spiro atoms. The van der Waals surface area contributed by atoms with Gasteiger partial charge in [0.2, 0.25) is 0 Å². The molecule has 110 valence electrons. The van der Waals surface area contributed by atoms with E-state index in [1.807, 2.05) is 28.9 Å². The van der Waals surface area contributed by atoms with Gasteiger partial charge in [-0.05, 0) is 31.7 Å². The van der Waals surface area contributed by atoms with E-state index in [0.29, 0.717) is 5.92 Å². The van der Waals surface area contributed by atoms with Crippen molar-refractivity contribution in [2.75, 3.05) is 0 Å². The summed E-state index contributed by atoms with van der Waals surface area (Å²) in [5.74, 6) is 1.20. The zero-order valence-corrected chi connectivity index (χ0v) is 12.0. The van der Waals surface area contributed by atoms with E-state index < -0.39 is 0 Å². The Morgan fingerprint density at radius 1 is 1.14 bits per heavy atom. The normalized spacial score (nSPS) is 19.5. The van der Waals surface area contributed by atoms with Crippen molar-refractivity contribution in [1.82, 2.24) is 19.6 Å². The van der Waals surface area contributed by atoms with Gasteiger partial charge >= 0.3 is 0 Å². The third-order valence-electron chi connectivity index (χ3n) is 4.89. The number of fused-ring (bicyclic) bond motifs is 1. The van der Waals surface area contributed by atoms with Gasteiger partial charge in [-0.2, -0.15) is 0 Å². The van der Waals surface area contributed by atoms with Crippen molar-refractivity contribution in [2.24, 2.45) is 0 Å². The van der Waals surface area contributed by atoms with Crippen LogP contribution in [0.1, 0.15) is 48.7 Å². The van der Waals surface area contributed by atoms with Crippen molar-refractivity contribution in [3.63, 3.8) is 0 Å². The fraction of sp³-hybridized carbons (Fsp3) is 0.353. The second kappa shape index (κ2) is 4.12. The largest absolute Gasteiger partial charge is 0.283 e. The quantitative estimate of drug-likeness (QED) is 0.745. The molecule has 5 heteroatoms. The van der Waals surface area contributed by atoms with Gasteiger partial charge < -0.3 is 0 Å². The number of hydrogen-bond acceptors (Lipinski definition) is 3. The van der Waals surface area contributed by atoms with Crippen LogP contribution in [0.25, 0.3) is 5.65 Å². The van der Waals surface area contributed by atoms with Crippen molar-refractivity contribution in [3.8, 4) is 0 Å². The predicted molar refractivity (Wildman–Crippen MR) is 79.2 cm³/mol. The maximum Gasteiger partial charge on any atom is 0.182 e. The predicted octanol–water partition coefficient (Wildman–Crippen LogP) is 3.22. The molecule has 3 aromatic rings. The SMILES string of the molecule is Fc1ccccc1C1(c2nnc3c(C4CC4)nccn23)CC1. The van der Waals surface area contributed by atoms with E-state index in [1.165, 1.54) is 18.9 Å². The standard InChI is InChI=1S/C17H15FN4/c18-13-4-2-1-3-12(13)17(7-8-17)16-21-20-15-14(11-5-6-11)19-9-10-22(15)16/h1-4,9-11H,5-8H2. The first-order chi connectivity index (χ1) is 10.8.